The van der Waals surface area contributed by atoms with E-state index >= 15 is 0 Å². The van der Waals surface area contributed by atoms with Crippen LogP contribution in [0.25, 0.3) is 11.1 Å². The van der Waals surface area contributed by atoms with Crippen LogP contribution in [0.2, 0.25) is 0 Å². The summed E-state index contributed by atoms with van der Waals surface area (Å²) in [6, 6.07) is 9.54. The molecule has 0 aliphatic heterocycles. The van der Waals surface area contributed by atoms with Crippen molar-refractivity contribution in [1.29, 1.82) is 0 Å². The van der Waals surface area contributed by atoms with Crippen molar-refractivity contribution in [1.82, 2.24) is 0 Å². The van der Waals surface area contributed by atoms with Gasteiger partial charge in [0.25, 0.3) is 0 Å². The Morgan fingerprint density at radius 2 is 1.95 bits per heavy atom. The summed E-state index contributed by atoms with van der Waals surface area (Å²) in [6.45, 7) is 1.79. The second-order valence-electron chi connectivity index (χ2n) is 4.18. The van der Waals surface area contributed by atoms with E-state index in [9.17, 15) is 14.3 Å². The summed E-state index contributed by atoms with van der Waals surface area (Å²) >= 11 is 0. The molecule has 0 aromatic heterocycles. The Balaban J connectivity index is 2.69. The van der Waals surface area contributed by atoms with Crippen LogP contribution >= 0.6 is 0 Å². The molecular formula is C15H13FO3. The third-order valence-corrected chi connectivity index (χ3v) is 2.88. The van der Waals surface area contributed by atoms with Crippen molar-refractivity contribution in [2.45, 2.75) is 6.92 Å². The van der Waals surface area contributed by atoms with Crippen LogP contribution in [-0.4, -0.2) is 18.2 Å². The van der Waals surface area contributed by atoms with E-state index in [4.69, 9.17) is 4.74 Å². The Bertz CT molecular complexity index is 635. The predicted molar refractivity (Wildman–Crippen MR) is 70.1 cm³/mol. The van der Waals surface area contributed by atoms with Crippen molar-refractivity contribution in [3.8, 4) is 16.9 Å². The lowest BCUT2D eigenvalue weighted by Crippen LogP contribution is -2.01. The normalized spacial score (nSPS) is 10.3. The Morgan fingerprint density at radius 1 is 1.21 bits per heavy atom. The van der Waals surface area contributed by atoms with E-state index < -0.39 is 11.8 Å². The molecule has 2 aromatic carbocycles. The first-order valence-corrected chi connectivity index (χ1v) is 5.71. The molecule has 0 bridgehead atoms. The predicted octanol–water partition coefficient (Wildman–Crippen LogP) is 3.51. The minimum absolute atomic E-state index is 0.0761. The fraction of sp³-hybridized carbons (Fsp3) is 0.133. The van der Waals surface area contributed by atoms with Gasteiger partial charge in [0.15, 0.2) is 11.6 Å². The molecule has 0 radical (unpaired) electrons. The lowest BCUT2D eigenvalue weighted by molar-refractivity contribution is 0.0697. The molecule has 19 heavy (non-hydrogen) atoms. The summed E-state index contributed by atoms with van der Waals surface area (Å²) in [5, 5.41) is 9.22. The number of hydrogen-bond donors (Lipinski definition) is 1. The lowest BCUT2D eigenvalue weighted by Gasteiger charge is -2.10. The molecule has 4 heteroatoms. The number of carboxylic acid groups (broad SMARTS) is 1. The second kappa shape index (κ2) is 5.10. The minimum atomic E-state index is -1.08. The fourth-order valence-electron chi connectivity index (χ4n) is 1.95. The van der Waals surface area contributed by atoms with Gasteiger partial charge in [-0.25, -0.2) is 9.18 Å². The van der Waals surface area contributed by atoms with Crippen molar-refractivity contribution in [2.75, 3.05) is 7.11 Å². The summed E-state index contributed by atoms with van der Waals surface area (Å²) < 4.78 is 19.1. The molecule has 0 aliphatic rings. The van der Waals surface area contributed by atoms with Gasteiger partial charge in [-0.3, -0.25) is 0 Å². The maximum absolute atomic E-state index is 14.2. The van der Waals surface area contributed by atoms with Crippen LogP contribution in [0.3, 0.4) is 0 Å². The van der Waals surface area contributed by atoms with Crippen LogP contribution < -0.4 is 4.74 Å². The Kier molecular flexibility index (Phi) is 3.51. The standard InChI is InChI=1S/C15H13FO3/c1-9-6-7-10(12(8-9)15(17)18)11-4-3-5-13(19-2)14(11)16/h3-8H,1-2H3,(H,17,18). The molecule has 0 atom stereocenters. The van der Waals surface area contributed by atoms with Crippen molar-refractivity contribution in [3.63, 3.8) is 0 Å². The topological polar surface area (TPSA) is 46.5 Å². The maximum Gasteiger partial charge on any atom is 0.336 e. The van der Waals surface area contributed by atoms with Crippen molar-refractivity contribution in [2.24, 2.45) is 0 Å². The van der Waals surface area contributed by atoms with E-state index in [0.717, 1.165) is 5.56 Å². The van der Waals surface area contributed by atoms with Crippen LogP contribution in [-0.2, 0) is 0 Å². The number of benzene rings is 2. The zero-order valence-corrected chi connectivity index (χ0v) is 10.6. The van der Waals surface area contributed by atoms with Gasteiger partial charge in [0.05, 0.1) is 12.7 Å². The average molecular weight is 260 g/mol. The molecule has 0 unspecified atom stereocenters. The first-order valence-electron chi connectivity index (χ1n) is 5.71. The number of aromatic carboxylic acids is 1. The van der Waals surface area contributed by atoms with E-state index in [-0.39, 0.29) is 16.9 Å². The van der Waals surface area contributed by atoms with Gasteiger partial charge in [-0.1, -0.05) is 29.8 Å². The van der Waals surface area contributed by atoms with Crippen LogP contribution in [0.5, 0.6) is 5.75 Å². The van der Waals surface area contributed by atoms with Crippen molar-refractivity contribution >= 4 is 5.97 Å². The number of ether oxygens (including phenoxy) is 1. The summed E-state index contributed by atoms with van der Waals surface area (Å²) in [5.41, 5.74) is 1.45. The lowest BCUT2D eigenvalue weighted by atomic mass is 9.97. The number of carboxylic acids is 1. The Hall–Kier alpha value is -2.36. The third-order valence-electron chi connectivity index (χ3n) is 2.88. The van der Waals surface area contributed by atoms with E-state index in [0.29, 0.717) is 5.56 Å². The molecule has 3 nitrogen and oxygen atoms in total. The molecule has 0 aliphatic carbocycles. The molecule has 2 aromatic rings. The van der Waals surface area contributed by atoms with Crippen LogP contribution in [0.4, 0.5) is 4.39 Å². The first-order chi connectivity index (χ1) is 9.04. The van der Waals surface area contributed by atoms with Gasteiger partial charge in [-0.2, -0.15) is 0 Å². The summed E-state index contributed by atoms with van der Waals surface area (Å²) in [7, 11) is 1.37. The third kappa shape index (κ3) is 2.42. The summed E-state index contributed by atoms with van der Waals surface area (Å²) in [5.74, 6) is -1.55. The SMILES string of the molecule is COc1cccc(-c2ccc(C)cc2C(=O)O)c1F. The second-order valence-corrected chi connectivity index (χ2v) is 4.18. The highest BCUT2D eigenvalue weighted by Gasteiger charge is 2.17. The van der Waals surface area contributed by atoms with Crippen LogP contribution in [0.1, 0.15) is 15.9 Å². The first kappa shape index (κ1) is 13.1. The quantitative estimate of drug-likeness (QED) is 0.918. The molecule has 2 rings (SSSR count). The number of aryl methyl sites for hydroxylation is 1. The Morgan fingerprint density at radius 3 is 2.58 bits per heavy atom. The summed E-state index contributed by atoms with van der Waals surface area (Å²) in [4.78, 5) is 11.3. The van der Waals surface area contributed by atoms with Crippen LogP contribution in [0, 0.1) is 12.7 Å². The van der Waals surface area contributed by atoms with E-state index in [1.807, 2.05) is 0 Å². The number of methoxy groups -OCH3 is 1. The number of hydrogen-bond acceptors (Lipinski definition) is 2. The van der Waals surface area contributed by atoms with Gasteiger partial charge in [0.1, 0.15) is 0 Å². The van der Waals surface area contributed by atoms with Gasteiger partial charge in [-0.15, -0.1) is 0 Å². The van der Waals surface area contributed by atoms with Crippen LogP contribution in [0.15, 0.2) is 36.4 Å². The number of rotatable bonds is 3. The molecule has 0 amide bonds. The monoisotopic (exact) mass is 260 g/mol. The minimum Gasteiger partial charge on any atom is -0.494 e. The molecule has 0 saturated heterocycles. The van der Waals surface area contributed by atoms with Crippen molar-refractivity contribution in [3.05, 3.63) is 53.3 Å². The highest BCUT2D eigenvalue weighted by molar-refractivity contribution is 5.96. The zero-order chi connectivity index (χ0) is 14.0. The molecule has 98 valence electrons. The highest BCUT2D eigenvalue weighted by atomic mass is 19.1. The smallest absolute Gasteiger partial charge is 0.336 e. The molecule has 0 heterocycles. The Labute approximate surface area is 110 Å². The number of carbonyl (C=O) groups is 1. The van der Waals surface area contributed by atoms with Gasteiger partial charge in [0.2, 0.25) is 0 Å². The van der Waals surface area contributed by atoms with Crippen molar-refractivity contribution < 1.29 is 19.0 Å². The fourth-order valence-corrected chi connectivity index (χ4v) is 1.95. The van der Waals surface area contributed by atoms with Gasteiger partial charge in [0, 0.05) is 5.56 Å². The zero-order valence-electron chi connectivity index (χ0n) is 10.6. The van der Waals surface area contributed by atoms with E-state index in [1.165, 1.54) is 25.3 Å². The molecule has 0 saturated carbocycles. The van der Waals surface area contributed by atoms with Gasteiger partial charge < -0.3 is 9.84 Å². The molecule has 0 fully saturated rings. The molecule has 1 N–H and O–H groups in total. The van der Waals surface area contributed by atoms with E-state index in [1.54, 1.807) is 25.1 Å². The average Bonchev–Trinajstić information content (AvgIpc) is 2.39. The summed E-state index contributed by atoms with van der Waals surface area (Å²) in [6.07, 6.45) is 0. The molecular weight excluding hydrogens is 247 g/mol. The highest BCUT2D eigenvalue weighted by Crippen LogP contribution is 2.31. The molecule has 0 spiro atoms. The maximum atomic E-state index is 14.2. The van der Waals surface area contributed by atoms with E-state index in [2.05, 4.69) is 0 Å². The van der Waals surface area contributed by atoms with Gasteiger partial charge in [-0.05, 0) is 24.6 Å². The largest absolute Gasteiger partial charge is 0.494 e. The number of halogens is 1. The van der Waals surface area contributed by atoms with Gasteiger partial charge >= 0.3 is 5.97 Å².